The number of amides is 1. The van der Waals surface area contributed by atoms with Gasteiger partial charge in [-0.1, -0.05) is 6.07 Å². The van der Waals surface area contributed by atoms with Crippen molar-refractivity contribution in [2.75, 3.05) is 20.6 Å². The molecule has 0 spiro atoms. The number of nitrogens with one attached hydrogen (secondary N) is 2. The Morgan fingerprint density at radius 3 is 2.65 bits per heavy atom. The van der Waals surface area contributed by atoms with Crippen molar-refractivity contribution >= 4 is 22.9 Å². The molecule has 0 aliphatic carbocycles. The van der Waals surface area contributed by atoms with Gasteiger partial charge in [-0.05, 0) is 30.5 Å². The third-order valence-corrected chi connectivity index (χ3v) is 4.69. The summed E-state index contributed by atoms with van der Waals surface area (Å²) in [4.78, 5) is 25.1. The zero-order valence-electron chi connectivity index (χ0n) is 13.3. The minimum atomic E-state index is -0.445. The Bertz CT molecular complexity index is 699. The van der Waals surface area contributed by atoms with Crippen LogP contribution < -0.4 is 10.2 Å². The van der Waals surface area contributed by atoms with E-state index in [9.17, 15) is 14.9 Å². The van der Waals surface area contributed by atoms with Gasteiger partial charge >= 0.3 is 0 Å². The number of aryl methyl sites for hydroxylation is 1. The molecule has 1 heterocycles. The molecule has 0 bridgehead atoms. The zero-order valence-corrected chi connectivity index (χ0v) is 14.1. The summed E-state index contributed by atoms with van der Waals surface area (Å²) in [6.45, 7) is 2.14. The molecule has 0 aliphatic heterocycles. The molecule has 1 aromatic carbocycles. The van der Waals surface area contributed by atoms with Crippen LogP contribution in [0.5, 0.6) is 0 Å². The quantitative estimate of drug-likeness (QED) is 0.622. The average molecular weight is 334 g/mol. The highest BCUT2D eigenvalue weighted by Crippen LogP contribution is 2.19. The van der Waals surface area contributed by atoms with Gasteiger partial charge in [0.25, 0.3) is 11.6 Å². The molecular weight excluding hydrogens is 314 g/mol. The van der Waals surface area contributed by atoms with Gasteiger partial charge in [0, 0.05) is 17.2 Å². The van der Waals surface area contributed by atoms with Crippen LogP contribution in [0.3, 0.4) is 0 Å². The molecule has 0 saturated carbocycles. The van der Waals surface area contributed by atoms with E-state index in [0.717, 1.165) is 0 Å². The highest BCUT2D eigenvalue weighted by Gasteiger charge is 2.20. The molecule has 2 rings (SSSR count). The third kappa shape index (κ3) is 4.14. The van der Waals surface area contributed by atoms with Crippen LogP contribution in [0.2, 0.25) is 0 Å². The van der Waals surface area contributed by atoms with E-state index < -0.39 is 4.92 Å². The fraction of sp³-hybridized carbons (Fsp3) is 0.312. The summed E-state index contributed by atoms with van der Waals surface area (Å²) < 4.78 is 0. The van der Waals surface area contributed by atoms with Crippen LogP contribution in [0.1, 0.15) is 26.8 Å². The topological polar surface area (TPSA) is 76.7 Å². The van der Waals surface area contributed by atoms with E-state index in [1.807, 2.05) is 25.5 Å². The van der Waals surface area contributed by atoms with Gasteiger partial charge in [0.2, 0.25) is 0 Å². The highest BCUT2D eigenvalue weighted by molar-refractivity contribution is 7.10. The van der Waals surface area contributed by atoms with Gasteiger partial charge < -0.3 is 10.2 Å². The molecule has 0 unspecified atom stereocenters. The van der Waals surface area contributed by atoms with E-state index in [4.69, 9.17) is 0 Å². The third-order valence-electron chi connectivity index (χ3n) is 3.71. The molecule has 2 N–H and O–H groups in total. The molecule has 23 heavy (non-hydrogen) atoms. The number of nitro groups is 1. The lowest BCUT2D eigenvalue weighted by atomic mass is 10.1. The van der Waals surface area contributed by atoms with Gasteiger partial charge in [-0.3, -0.25) is 14.9 Å². The van der Waals surface area contributed by atoms with Crippen molar-refractivity contribution in [3.63, 3.8) is 0 Å². The predicted molar refractivity (Wildman–Crippen MR) is 90.0 cm³/mol. The van der Waals surface area contributed by atoms with Crippen molar-refractivity contribution in [3.8, 4) is 0 Å². The standard InChI is InChI=1S/C16H19N3O3S/c1-11-9-12(6-7-13(11)19(21)22)16(20)17-10-14(18(2)3)15-5-4-8-23-15/h4-9,14H,10H2,1-3H3,(H,17,20)/p+1/t14-/m0/s1. The average Bonchev–Trinajstić information content (AvgIpc) is 3.00. The summed E-state index contributed by atoms with van der Waals surface area (Å²) in [5.41, 5.74) is 0.943. The second-order valence-electron chi connectivity index (χ2n) is 5.61. The molecular formula is C16H20N3O3S+. The van der Waals surface area contributed by atoms with Crippen molar-refractivity contribution in [2.24, 2.45) is 0 Å². The van der Waals surface area contributed by atoms with Gasteiger partial charge in [-0.25, -0.2) is 0 Å². The first-order chi connectivity index (χ1) is 10.9. The molecule has 0 fully saturated rings. The smallest absolute Gasteiger partial charge is 0.272 e. The van der Waals surface area contributed by atoms with Crippen LogP contribution in [-0.2, 0) is 0 Å². The van der Waals surface area contributed by atoms with Gasteiger partial charge in [0.05, 0.1) is 30.4 Å². The second-order valence-corrected chi connectivity index (χ2v) is 6.59. The van der Waals surface area contributed by atoms with Crippen molar-refractivity contribution in [3.05, 3.63) is 61.8 Å². The van der Waals surface area contributed by atoms with E-state index in [2.05, 4.69) is 11.4 Å². The molecule has 1 amide bonds. The van der Waals surface area contributed by atoms with Crippen LogP contribution >= 0.6 is 11.3 Å². The number of likely N-dealkylation sites (N-methyl/N-ethyl adjacent to an activating group) is 1. The van der Waals surface area contributed by atoms with Gasteiger partial charge in [-0.15, -0.1) is 11.3 Å². The summed E-state index contributed by atoms with van der Waals surface area (Å²) in [7, 11) is 4.10. The first-order valence-electron chi connectivity index (χ1n) is 7.27. The first kappa shape index (κ1) is 17.1. The molecule has 2 aromatic rings. The Morgan fingerprint density at radius 1 is 1.39 bits per heavy atom. The number of nitro benzene ring substituents is 1. The van der Waals surface area contributed by atoms with Crippen LogP contribution in [-0.4, -0.2) is 31.5 Å². The maximum absolute atomic E-state index is 12.3. The van der Waals surface area contributed by atoms with E-state index in [-0.39, 0.29) is 17.6 Å². The summed E-state index contributed by atoms with van der Waals surface area (Å²) in [5.74, 6) is -0.217. The van der Waals surface area contributed by atoms with E-state index in [1.165, 1.54) is 21.9 Å². The molecule has 6 nitrogen and oxygen atoms in total. The normalized spacial score (nSPS) is 12.2. The van der Waals surface area contributed by atoms with Crippen molar-refractivity contribution in [2.45, 2.75) is 13.0 Å². The highest BCUT2D eigenvalue weighted by atomic mass is 32.1. The van der Waals surface area contributed by atoms with E-state index >= 15 is 0 Å². The molecule has 122 valence electrons. The lowest BCUT2D eigenvalue weighted by Gasteiger charge is -2.20. The SMILES string of the molecule is Cc1cc(C(=O)NC[C@@H](c2cccs2)[NH+](C)C)ccc1[N+](=O)[O-]. The fourth-order valence-corrected chi connectivity index (χ4v) is 3.33. The molecule has 1 atom stereocenters. The zero-order chi connectivity index (χ0) is 17.0. The van der Waals surface area contributed by atoms with Gasteiger partial charge in [0.1, 0.15) is 6.04 Å². The minimum Gasteiger partial charge on any atom is -0.346 e. The number of nitrogens with zero attached hydrogens (tertiary/aromatic N) is 1. The van der Waals surface area contributed by atoms with Crippen molar-refractivity contribution in [1.82, 2.24) is 5.32 Å². The minimum absolute atomic E-state index is 0.0238. The molecule has 0 aliphatic rings. The maximum atomic E-state index is 12.3. The van der Waals surface area contributed by atoms with Crippen molar-refractivity contribution in [1.29, 1.82) is 0 Å². The number of carbonyl (C=O) groups excluding carboxylic acids is 1. The number of hydrogen-bond acceptors (Lipinski definition) is 4. The largest absolute Gasteiger partial charge is 0.346 e. The number of rotatable bonds is 6. The Hall–Kier alpha value is -2.25. The van der Waals surface area contributed by atoms with Gasteiger partial charge in [-0.2, -0.15) is 0 Å². The van der Waals surface area contributed by atoms with Crippen LogP contribution in [0.4, 0.5) is 5.69 Å². The summed E-state index contributed by atoms with van der Waals surface area (Å²) in [5, 5.41) is 15.8. The Kier molecular flexibility index (Phi) is 5.46. The summed E-state index contributed by atoms with van der Waals surface area (Å²) in [6, 6.07) is 8.65. The van der Waals surface area contributed by atoms with Gasteiger partial charge in [0.15, 0.2) is 0 Å². The number of quaternary nitrogens is 1. The number of carbonyl (C=O) groups is 1. The lowest BCUT2D eigenvalue weighted by Crippen LogP contribution is -3.06. The number of benzene rings is 1. The number of hydrogen-bond donors (Lipinski definition) is 2. The Balaban J connectivity index is 2.07. The molecule has 1 aromatic heterocycles. The fourth-order valence-electron chi connectivity index (χ4n) is 2.38. The van der Waals surface area contributed by atoms with Crippen LogP contribution in [0, 0.1) is 17.0 Å². The second kappa shape index (κ2) is 7.34. The van der Waals surface area contributed by atoms with Crippen molar-refractivity contribution < 1.29 is 14.6 Å². The van der Waals surface area contributed by atoms with E-state index in [1.54, 1.807) is 24.3 Å². The molecule has 0 radical (unpaired) electrons. The van der Waals surface area contributed by atoms with Crippen LogP contribution in [0.15, 0.2) is 35.7 Å². The Labute approximate surface area is 138 Å². The lowest BCUT2D eigenvalue weighted by molar-refractivity contribution is -0.890. The predicted octanol–water partition coefficient (Wildman–Crippen LogP) is 1.58. The summed E-state index contributed by atoms with van der Waals surface area (Å²) in [6.07, 6.45) is 0. The van der Waals surface area contributed by atoms with E-state index in [0.29, 0.717) is 17.7 Å². The number of thiophene rings is 1. The first-order valence-corrected chi connectivity index (χ1v) is 8.14. The summed E-state index contributed by atoms with van der Waals surface area (Å²) >= 11 is 1.67. The Morgan fingerprint density at radius 2 is 2.13 bits per heavy atom. The van der Waals surface area contributed by atoms with Crippen LogP contribution in [0.25, 0.3) is 0 Å². The maximum Gasteiger partial charge on any atom is 0.272 e. The molecule has 0 saturated heterocycles. The molecule has 7 heteroatoms. The monoisotopic (exact) mass is 334 g/mol.